The van der Waals surface area contributed by atoms with Crippen LogP contribution in [0.2, 0.25) is 0 Å². The van der Waals surface area contributed by atoms with E-state index in [1.807, 2.05) is 29.1 Å². The van der Waals surface area contributed by atoms with Crippen LogP contribution in [-0.2, 0) is 4.79 Å². The number of aliphatic hydroxyl groups is 1. The Hall–Kier alpha value is -2.93. The van der Waals surface area contributed by atoms with Gasteiger partial charge in [0.1, 0.15) is 12.3 Å². The number of benzene rings is 1. The third-order valence-corrected chi connectivity index (χ3v) is 6.74. The van der Waals surface area contributed by atoms with Gasteiger partial charge < -0.3 is 10.0 Å². The van der Waals surface area contributed by atoms with E-state index in [1.165, 1.54) is 12.8 Å². The van der Waals surface area contributed by atoms with E-state index >= 15 is 0 Å². The molecule has 1 aliphatic carbocycles. The number of aliphatic hydroxyl groups excluding tert-OH is 1. The van der Waals surface area contributed by atoms with E-state index in [-0.39, 0.29) is 12.5 Å². The van der Waals surface area contributed by atoms with Crippen LogP contribution in [0, 0.1) is 11.3 Å². The van der Waals surface area contributed by atoms with Gasteiger partial charge in [0.15, 0.2) is 0 Å². The largest absolute Gasteiger partial charge is 0.374 e. The molecule has 3 aromatic rings. The summed E-state index contributed by atoms with van der Waals surface area (Å²) in [6, 6.07) is 9.96. The predicted molar refractivity (Wildman–Crippen MR) is 118 cm³/mol. The summed E-state index contributed by atoms with van der Waals surface area (Å²) in [6.45, 7) is -0.0441. The van der Waals surface area contributed by atoms with Gasteiger partial charge in [0.05, 0.1) is 36.2 Å². The van der Waals surface area contributed by atoms with Crippen LogP contribution in [0.4, 0.5) is 0 Å². The molecule has 2 fully saturated rings. The van der Waals surface area contributed by atoms with Crippen molar-refractivity contribution in [3.05, 3.63) is 48.4 Å². The Balaban J connectivity index is 1.35. The molecule has 0 radical (unpaired) electrons. The number of thioether (sulfide) groups is 1. The highest BCUT2D eigenvalue weighted by Crippen LogP contribution is 2.35. The predicted octanol–water partition coefficient (Wildman–Crippen LogP) is 2.44. The fourth-order valence-corrected chi connectivity index (χ4v) is 4.91. The molecule has 2 atom stereocenters. The summed E-state index contributed by atoms with van der Waals surface area (Å²) in [5.74, 6) is 0.937. The molecule has 0 bridgehead atoms. The zero-order valence-electron chi connectivity index (χ0n) is 16.8. The first-order valence-electron chi connectivity index (χ1n) is 10.3. The minimum atomic E-state index is -1.03. The maximum absolute atomic E-state index is 12.5. The Morgan fingerprint density at radius 3 is 3.03 bits per heavy atom. The van der Waals surface area contributed by atoms with E-state index in [9.17, 15) is 15.2 Å². The maximum atomic E-state index is 12.5. The Morgan fingerprint density at radius 1 is 1.35 bits per heavy atom. The SMILES string of the molecule is N#C[C@@H]1CSCN1C(=O)CNC(O)c1ccnc2ccc(-c3cnn(C4CC4)c3)cc12. The number of amides is 1. The highest BCUT2D eigenvalue weighted by molar-refractivity contribution is 7.99. The molecule has 1 unspecified atom stereocenters. The lowest BCUT2D eigenvalue weighted by Crippen LogP contribution is -2.42. The Kier molecular flexibility index (Phi) is 5.36. The Labute approximate surface area is 183 Å². The van der Waals surface area contributed by atoms with Crippen molar-refractivity contribution in [1.82, 2.24) is 25.0 Å². The van der Waals surface area contributed by atoms with E-state index in [1.54, 1.807) is 28.9 Å². The van der Waals surface area contributed by atoms with Crippen LogP contribution in [0.3, 0.4) is 0 Å². The minimum Gasteiger partial charge on any atom is -0.374 e. The second-order valence-electron chi connectivity index (χ2n) is 7.86. The molecule has 158 valence electrons. The normalized spacial score (nSPS) is 19.5. The number of nitrogens with zero attached hydrogens (tertiary/aromatic N) is 5. The van der Waals surface area contributed by atoms with Gasteiger partial charge in [0.25, 0.3) is 0 Å². The van der Waals surface area contributed by atoms with Crippen LogP contribution in [-0.4, -0.2) is 54.9 Å². The molecular weight excluding hydrogens is 412 g/mol. The molecule has 31 heavy (non-hydrogen) atoms. The number of hydrogen-bond donors (Lipinski definition) is 2. The number of nitrogens with one attached hydrogen (secondary N) is 1. The second kappa shape index (κ2) is 8.30. The van der Waals surface area contributed by atoms with Crippen molar-refractivity contribution in [2.45, 2.75) is 31.2 Å². The highest BCUT2D eigenvalue weighted by atomic mass is 32.2. The summed E-state index contributed by atoms with van der Waals surface area (Å²) in [5.41, 5.74) is 3.45. The van der Waals surface area contributed by atoms with Crippen LogP contribution >= 0.6 is 11.8 Å². The molecule has 1 saturated carbocycles. The summed E-state index contributed by atoms with van der Waals surface area (Å²) in [4.78, 5) is 18.4. The number of rotatable bonds is 6. The van der Waals surface area contributed by atoms with Gasteiger partial charge in [-0.25, -0.2) is 0 Å². The number of carbonyl (C=O) groups excluding carboxylic acids is 1. The summed E-state index contributed by atoms with van der Waals surface area (Å²) < 4.78 is 2.01. The van der Waals surface area contributed by atoms with Crippen molar-refractivity contribution in [2.24, 2.45) is 0 Å². The first kappa shape index (κ1) is 20.0. The van der Waals surface area contributed by atoms with E-state index in [4.69, 9.17) is 0 Å². The number of pyridine rings is 1. The molecule has 1 amide bonds. The quantitative estimate of drug-likeness (QED) is 0.574. The van der Waals surface area contributed by atoms with Gasteiger partial charge in [0.2, 0.25) is 5.91 Å². The van der Waals surface area contributed by atoms with E-state index < -0.39 is 12.3 Å². The van der Waals surface area contributed by atoms with Gasteiger partial charge in [-0.05, 0) is 36.6 Å². The Morgan fingerprint density at radius 2 is 2.23 bits per heavy atom. The molecule has 2 aliphatic rings. The fourth-order valence-electron chi connectivity index (χ4n) is 3.80. The van der Waals surface area contributed by atoms with Gasteiger partial charge in [-0.3, -0.25) is 19.8 Å². The number of carbonyl (C=O) groups is 1. The van der Waals surface area contributed by atoms with Crippen molar-refractivity contribution >= 4 is 28.6 Å². The molecule has 1 saturated heterocycles. The van der Waals surface area contributed by atoms with Crippen molar-refractivity contribution in [3.8, 4) is 17.2 Å². The average Bonchev–Trinajstić information content (AvgIpc) is 3.33. The summed E-state index contributed by atoms with van der Waals surface area (Å²) in [6.07, 6.45) is 6.89. The van der Waals surface area contributed by atoms with E-state index in [2.05, 4.69) is 27.7 Å². The molecule has 2 aromatic heterocycles. The molecular formula is C22H22N6O2S. The van der Waals surface area contributed by atoms with Gasteiger partial charge in [-0.2, -0.15) is 10.4 Å². The van der Waals surface area contributed by atoms with Crippen molar-refractivity contribution in [3.63, 3.8) is 0 Å². The molecule has 1 aromatic carbocycles. The van der Waals surface area contributed by atoms with Crippen molar-refractivity contribution in [1.29, 1.82) is 5.26 Å². The third-order valence-electron chi connectivity index (χ3n) is 5.72. The summed E-state index contributed by atoms with van der Waals surface area (Å²) >= 11 is 1.56. The average molecular weight is 435 g/mol. The minimum absolute atomic E-state index is 0.0441. The monoisotopic (exact) mass is 434 g/mol. The lowest BCUT2D eigenvalue weighted by Gasteiger charge is -2.21. The van der Waals surface area contributed by atoms with Gasteiger partial charge in [0, 0.05) is 34.7 Å². The van der Waals surface area contributed by atoms with Gasteiger partial charge >= 0.3 is 0 Å². The molecule has 3 heterocycles. The molecule has 8 nitrogen and oxygen atoms in total. The van der Waals surface area contributed by atoms with Gasteiger partial charge in [-0.15, -0.1) is 11.8 Å². The smallest absolute Gasteiger partial charge is 0.238 e. The number of hydrogen-bond acceptors (Lipinski definition) is 7. The first-order valence-corrected chi connectivity index (χ1v) is 11.4. The summed E-state index contributed by atoms with van der Waals surface area (Å²) in [5, 5.41) is 28.1. The van der Waals surface area contributed by atoms with Crippen LogP contribution in [0.15, 0.2) is 42.9 Å². The van der Waals surface area contributed by atoms with E-state index in [0.29, 0.717) is 23.2 Å². The lowest BCUT2D eigenvalue weighted by atomic mass is 10.0. The number of fused-ring (bicyclic) bond motifs is 1. The lowest BCUT2D eigenvalue weighted by molar-refractivity contribution is -0.130. The molecule has 9 heteroatoms. The number of nitriles is 1. The second-order valence-corrected chi connectivity index (χ2v) is 8.86. The maximum Gasteiger partial charge on any atom is 0.238 e. The fraction of sp³-hybridized carbons (Fsp3) is 0.364. The zero-order chi connectivity index (χ0) is 21.4. The highest BCUT2D eigenvalue weighted by Gasteiger charge is 2.29. The molecule has 5 rings (SSSR count). The van der Waals surface area contributed by atoms with Crippen LogP contribution < -0.4 is 5.32 Å². The zero-order valence-corrected chi connectivity index (χ0v) is 17.6. The number of aromatic nitrogens is 3. The van der Waals surface area contributed by atoms with E-state index in [0.717, 1.165) is 22.0 Å². The molecule has 0 spiro atoms. The Bertz CT molecular complexity index is 1170. The standard InChI is InChI=1S/C22H22N6O2S/c23-8-17-12-31-13-27(17)21(29)10-25-22(30)18-5-6-24-20-4-1-14(7-19(18)20)15-9-26-28(11-15)16-2-3-16/h1,4-7,9,11,16-17,22,25,30H,2-3,10,12-13H2/t17-,22?/m1/s1. The molecule has 1 aliphatic heterocycles. The molecule has 2 N–H and O–H groups in total. The van der Waals surface area contributed by atoms with Crippen molar-refractivity contribution < 1.29 is 9.90 Å². The van der Waals surface area contributed by atoms with Crippen LogP contribution in [0.25, 0.3) is 22.0 Å². The van der Waals surface area contributed by atoms with Crippen molar-refractivity contribution in [2.75, 3.05) is 18.2 Å². The third kappa shape index (κ3) is 4.02. The summed E-state index contributed by atoms with van der Waals surface area (Å²) in [7, 11) is 0. The van der Waals surface area contributed by atoms with Crippen LogP contribution in [0.5, 0.6) is 0 Å². The topological polar surface area (TPSA) is 107 Å². The first-order chi connectivity index (χ1) is 15.1. The van der Waals surface area contributed by atoms with Gasteiger partial charge in [-0.1, -0.05) is 6.07 Å². The van der Waals surface area contributed by atoms with Crippen LogP contribution in [0.1, 0.15) is 30.7 Å².